The van der Waals surface area contributed by atoms with Crippen LogP contribution in [0.1, 0.15) is 31.4 Å². The minimum absolute atomic E-state index is 0.201. The van der Waals surface area contributed by atoms with Gasteiger partial charge in [-0.15, -0.1) is 0 Å². The minimum atomic E-state index is 0.201. The van der Waals surface area contributed by atoms with Gasteiger partial charge in [0.2, 0.25) is 5.91 Å². The lowest BCUT2D eigenvalue weighted by Gasteiger charge is -2.26. The average Bonchev–Trinajstić information content (AvgIpc) is 2.52. The Morgan fingerprint density at radius 1 is 1.09 bits per heavy atom. The summed E-state index contributed by atoms with van der Waals surface area (Å²) < 4.78 is 2.06. The second kappa shape index (κ2) is 7.74. The Kier molecular flexibility index (Phi) is 5.70. The third-order valence-electron chi connectivity index (χ3n) is 3.78. The van der Waals surface area contributed by atoms with Crippen LogP contribution in [0.25, 0.3) is 0 Å². The van der Waals surface area contributed by atoms with E-state index >= 15 is 0 Å². The Labute approximate surface area is 133 Å². The normalized spacial score (nSPS) is 10.7. The van der Waals surface area contributed by atoms with E-state index in [-0.39, 0.29) is 11.9 Å². The zero-order valence-corrected chi connectivity index (χ0v) is 13.7. The van der Waals surface area contributed by atoms with Crippen molar-refractivity contribution < 1.29 is 9.36 Å². The number of rotatable bonds is 6. The number of amides is 1. The lowest BCUT2D eigenvalue weighted by molar-refractivity contribution is -0.696. The molecule has 0 saturated carbocycles. The molecule has 3 heteroatoms. The van der Waals surface area contributed by atoms with Gasteiger partial charge >= 0.3 is 0 Å². The van der Waals surface area contributed by atoms with Gasteiger partial charge in [0.25, 0.3) is 0 Å². The molecule has 1 aromatic heterocycles. The molecule has 0 aliphatic rings. The second-order valence-electron chi connectivity index (χ2n) is 5.96. The molecule has 0 unspecified atom stereocenters. The van der Waals surface area contributed by atoms with Gasteiger partial charge in [0.05, 0.1) is 6.42 Å². The largest absolute Gasteiger partial charge is 0.336 e. The second-order valence-corrected chi connectivity index (χ2v) is 5.96. The van der Waals surface area contributed by atoms with Crippen molar-refractivity contribution in [3.8, 4) is 0 Å². The first-order valence-electron chi connectivity index (χ1n) is 7.85. The number of pyridine rings is 1. The highest BCUT2D eigenvalue weighted by atomic mass is 16.2. The van der Waals surface area contributed by atoms with Crippen LogP contribution < -0.4 is 4.57 Å². The molecule has 0 fully saturated rings. The predicted molar refractivity (Wildman–Crippen MR) is 88.1 cm³/mol. The van der Waals surface area contributed by atoms with Gasteiger partial charge in [-0.2, -0.15) is 0 Å². The summed E-state index contributed by atoms with van der Waals surface area (Å²) in [6, 6.07) is 14.5. The number of hydrogen-bond donors (Lipinski definition) is 0. The third kappa shape index (κ3) is 4.69. The van der Waals surface area contributed by atoms with Crippen LogP contribution >= 0.6 is 0 Å². The molecule has 0 aliphatic carbocycles. The number of aromatic nitrogens is 1. The highest BCUT2D eigenvalue weighted by Gasteiger charge is 2.18. The first kappa shape index (κ1) is 16.2. The molecular formula is C19H25N2O+. The van der Waals surface area contributed by atoms with Crippen LogP contribution in [-0.4, -0.2) is 16.8 Å². The Bertz CT molecular complexity index is 591. The molecule has 0 N–H and O–H groups in total. The van der Waals surface area contributed by atoms with Gasteiger partial charge < -0.3 is 4.90 Å². The standard InChI is InChI=1S/C19H25N2O/c1-16(2)21(15-18-7-5-4-6-8-18)19(22)11-14-20-12-9-17(3)10-13-20/h4-10,12-13,16H,11,14-15H2,1-3H3/q+1. The molecule has 0 radical (unpaired) electrons. The highest BCUT2D eigenvalue weighted by molar-refractivity contribution is 5.76. The summed E-state index contributed by atoms with van der Waals surface area (Å²) in [5.41, 5.74) is 2.41. The van der Waals surface area contributed by atoms with E-state index < -0.39 is 0 Å². The Morgan fingerprint density at radius 2 is 1.73 bits per heavy atom. The van der Waals surface area contributed by atoms with E-state index in [2.05, 4.69) is 49.6 Å². The molecule has 0 spiro atoms. The number of hydrogen-bond acceptors (Lipinski definition) is 1. The molecule has 1 heterocycles. The lowest BCUT2D eigenvalue weighted by Crippen LogP contribution is -2.40. The van der Waals surface area contributed by atoms with E-state index in [9.17, 15) is 4.79 Å². The molecule has 2 rings (SSSR count). The van der Waals surface area contributed by atoms with Crippen LogP contribution in [0.3, 0.4) is 0 Å². The molecule has 2 aromatic rings. The van der Waals surface area contributed by atoms with Crippen LogP contribution in [0.5, 0.6) is 0 Å². The molecule has 116 valence electrons. The summed E-state index contributed by atoms with van der Waals surface area (Å²) in [6.45, 7) is 7.60. The first-order valence-corrected chi connectivity index (χ1v) is 7.85. The van der Waals surface area contributed by atoms with Crippen molar-refractivity contribution in [3.63, 3.8) is 0 Å². The van der Waals surface area contributed by atoms with E-state index in [0.29, 0.717) is 13.0 Å². The summed E-state index contributed by atoms with van der Waals surface area (Å²) in [5, 5.41) is 0. The van der Waals surface area contributed by atoms with Crippen molar-refractivity contribution in [2.75, 3.05) is 0 Å². The van der Waals surface area contributed by atoms with E-state index in [0.717, 1.165) is 6.54 Å². The van der Waals surface area contributed by atoms with E-state index in [1.807, 2.05) is 35.5 Å². The fourth-order valence-electron chi connectivity index (χ4n) is 2.39. The molecule has 0 atom stereocenters. The Balaban J connectivity index is 1.96. The van der Waals surface area contributed by atoms with Gasteiger partial charge in [-0.1, -0.05) is 30.3 Å². The Morgan fingerprint density at radius 3 is 2.32 bits per heavy atom. The number of nitrogens with zero attached hydrogens (tertiary/aromatic N) is 2. The van der Waals surface area contributed by atoms with Gasteiger partial charge in [-0.25, -0.2) is 4.57 Å². The predicted octanol–water partition coefficient (Wildman–Crippen LogP) is 3.11. The van der Waals surface area contributed by atoms with Gasteiger partial charge in [0.15, 0.2) is 18.9 Å². The number of benzene rings is 1. The van der Waals surface area contributed by atoms with Crippen molar-refractivity contribution in [2.45, 2.75) is 46.3 Å². The summed E-state index contributed by atoms with van der Waals surface area (Å²) in [4.78, 5) is 14.5. The molecule has 3 nitrogen and oxygen atoms in total. The van der Waals surface area contributed by atoms with Gasteiger partial charge in [0.1, 0.15) is 0 Å². The van der Waals surface area contributed by atoms with Crippen molar-refractivity contribution in [1.29, 1.82) is 0 Å². The number of carbonyl (C=O) groups is 1. The van der Waals surface area contributed by atoms with E-state index in [4.69, 9.17) is 0 Å². The van der Waals surface area contributed by atoms with Crippen molar-refractivity contribution in [2.24, 2.45) is 0 Å². The monoisotopic (exact) mass is 297 g/mol. The maximum absolute atomic E-state index is 12.5. The number of aryl methyl sites for hydroxylation is 2. The van der Waals surface area contributed by atoms with Crippen LogP contribution in [0.15, 0.2) is 54.9 Å². The SMILES string of the molecule is Cc1cc[n+](CCC(=O)N(Cc2ccccc2)C(C)C)cc1. The maximum atomic E-state index is 12.5. The third-order valence-corrected chi connectivity index (χ3v) is 3.78. The summed E-state index contributed by atoms with van der Waals surface area (Å²) >= 11 is 0. The fraction of sp³-hybridized carbons (Fsp3) is 0.368. The molecule has 0 bridgehead atoms. The van der Waals surface area contributed by atoms with Crippen LogP contribution in [0.4, 0.5) is 0 Å². The first-order chi connectivity index (χ1) is 10.6. The molecule has 0 aliphatic heterocycles. The topological polar surface area (TPSA) is 24.2 Å². The van der Waals surface area contributed by atoms with Crippen LogP contribution in [0, 0.1) is 6.92 Å². The van der Waals surface area contributed by atoms with Gasteiger partial charge in [-0.05, 0) is 31.9 Å². The summed E-state index contributed by atoms with van der Waals surface area (Å²) in [7, 11) is 0. The average molecular weight is 297 g/mol. The van der Waals surface area contributed by atoms with Crippen LogP contribution in [0.2, 0.25) is 0 Å². The number of carbonyl (C=O) groups excluding carboxylic acids is 1. The molecule has 1 aromatic carbocycles. The van der Waals surface area contributed by atoms with E-state index in [1.165, 1.54) is 11.1 Å². The zero-order chi connectivity index (χ0) is 15.9. The van der Waals surface area contributed by atoms with Crippen LogP contribution in [-0.2, 0) is 17.9 Å². The van der Waals surface area contributed by atoms with Crippen molar-refractivity contribution in [1.82, 2.24) is 4.90 Å². The van der Waals surface area contributed by atoms with Gasteiger partial charge in [0, 0.05) is 24.7 Å². The quantitative estimate of drug-likeness (QED) is 0.752. The highest BCUT2D eigenvalue weighted by Crippen LogP contribution is 2.10. The fourth-order valence-corrected chi connectivity index (χ4v) is 2.39. The smallest absolute Gasteiger partial charge is 0.229 e. The lowest BCUT2D eigenvalue weighted by atomic mass is 10.1. The summed E-state index contributed by atoms with van der Waals surface area (Å²) in [5.74, 6) is 0.201. The van der Waals surface area contributed by atoms with Gasteiger partial charge in [-0.3, -0.25) is 4.79 Å². The van der Waals surface area contributed by atoms with Crippen molar-refractivity contribution >= 4 is 5.91 Å². The Hall–Kier alpha value is -2.16. The molecule has 1 amide bonds. The van der Waals surface area contributed by atoms with Crippen molar-refractivity contribution in [3.05, 3.63) is 66.0 Å². The molecular weight excluding hydrogens is 272 g/mol. The maximum Gasteiger partial charge on any atom is 0.229 e. The molecule has 22 heavy (non-hydrogen) atoms. The van der Waals surface area contributed by atoms with E-state index in [1.54, 1.807) is 0 Å². The zero-order valence-electron chi connectivity index (χ0n) is 13.7. The summed E-state index contributed by atoms with van der Waals surface area (Å²) in [6.07, 6.45) is 4.58. The minimum Gasteiger partial charge on any atom is -0.336 e. The molecule has 0 saturated heterocycles.